The van der Waals surface area contributed by atoms with Gasteiger partial charge in [-0.05, 0) is 42.4 Å². The maximum absolute atomic E-state index is 10.1. The van der Waals surface area contributed by atoms with E-state index in [9.17, 15) is 10.2 Å². The second-order valence-corrected chi connectivity index (χ2v) is 6.83. The third kappa shape index (κ3) is 1.70. The number of hydrogen-bond acceptors (Lipinski definition) is 2. The summed E-state index contributed by atoms with van der Waals surface area (Å²) in [6.07, 6.45) is 5.41. The summed E-state index contributed by atoms with van der Waals surface area (Å²) in [6, 6.07) is 0. The summed E-state index contributed by atoms with van der Waals surface area (Å²) < 4.78 is 0. The fourth-order valence-corrected chi connectivity index (χ4v) is 4.64. The molecule has 0 aromatic carbocycles. The van der Waals surface area contributed by atoms with Crippen molar-refractivity contribution in [3.05, 3.63) is 0 Å². The number of aliphatic hydroxyl groups excluding tert-OH is 2. The molecule has 0 spiro atoms. The zero-order chi connectivity index (χ0) is 12.0. The van der Waals surface area contributed by atoms with E-state index in [1.54, 1.807) is 0 Å². The molecule has 0 saturated heterocycles. The summed E-state index contributed by atoms with van der Waals surface area (Å²) in [4.78, 5) is 0. The molecule has 2 N–H and O–H groups in total. The van der Waals surface area contributed by atoms with Crippen molar-refractivity contribution in [1.82, 2.24) is 0 Å². The minimum Gasteiger partial charge on any atom is -0.396 e. The second kappa shape index (κ2) is 3.99. The summed E-state index contributed by atoms with van der Waals surface area (Å²) in [5.41, 5.74) is 0.523. The lowest BCUT2D eigenvalue weighted by Crippen LogP contribution is -2.54. The van der Waals surface area contributed by atoms with Crippen molar-refractivity contribution < 1.29 is 10.2 Å². The van der Waals surface area contributed by atoms with Crippen LogP contribution in [0.3, 0.4) is 0 Å². The Labute approximate surface area is 99.1 Å². The van der Waals surface area contributed by atoms with Gasteiger partial charge in [-0.15, -0.1) is 0 Å². The summed E-state index contributed by atoms with van der Waals surface area (Å²) in [7, 11) is 0. The highest BCUT2D eigenvalue weighted by Crippen LogP contribution is 2.59. The fourth-order valence-electron chi connectivity index (χ4n) is 4.64. The maximum atomic E-state index is 10.1. The first kappa shape index (κ1) is 12.4. The van der Waals surface area contributed by atoms with E-state index in [0.29, 0.717) is 11.3 Å². The van der Waals surface area contributed by atoms with Gasteiger partial charge in [0, 0.05) is 12.5 Å². The topological polar surface area (TPSA) is 40.5 Å². The van der Waals surface area contributed by atoms with Crippen molar-refractivity contribution in [2.75, 3.05) is 6.61 Å². The average molecular weight is 226 g/mol. The molecule has 2 rings (SSSR count). The molecule has 0 aromatic heterocycles. The molecule has 0 bridgehead atoms. The molecule has 0 heterocycles. The smallest absolute Gasteiger partial charge is 0.0595 e. The first-order valence-electron chi connectivity index (χ1n) is 6.71. The van der Waals surface area contributed by atoms with E-state index in [2.05, 4.69) is 20.8 Å². The van der Waals surface area contributed by atoms with Crippen LogP contribution >= 0.6 is 0 Å². The Morgan fingerprint density at radius 2 is 1.81 bits per heavy atom. The van der Waals surface area contributed by atoms with Crippen molar-refractivity contribution in [3.63, 3.8) is 0 Å². The molecule has 0 unspecified atom stereocenters. The van der Waals surface area contributed by atoms with Gasteiger partial charge in [0.15, 0.2) is 0 Å². The van der Waals surface area contributed by atoms with Crippen molar-refractivity contribution in [3.8, 4) is 0 Å². The molecule has 2 saturated carbocycles. The minimum absolute atomic E-state index is 0.0887. The molecular weight excluding hydrogens is 200 g/mol. The van der Waals surface area contributed by atoms with Crippen LogP contribution in [0, 0.1) is 22.7 Å². The van der Waals surface area contributed by atoms with Gasteiger partial charge in [-0.25, -0.2) is 0 Å². The number of fused-ring (bicyclic) bond motifs is 1. The Kier molecular flexibility index (Phi) is 3.09. The van der Waals surface area contributed by atoms with Gasteiger partial charge in [-0.2, -0.15) is 0 Å². The van der Waals surface area contributed by atoms with Gasteiger partial charge in [-0.3, -0.25) is 0 Å². The van der Waals surface area contributed by atoms with Gasteiger partial charge in [0.2, 0.25) is 0 Å². The first-order chi connectivity index (χ1) is 7.42. The fraction of sp³-hybridized carbons (Fsp3) is 1.00. The monoisotopic (exact) mass is 226 g/mol. The molecule has 2 fully saturated rings. The molecule has 0 radical (unpaired) electrons. The standard InChI is InChI=1S/C14H26O2/c1-13(2)7-4-8-14(3)10(9-15)11(16)5-6-12(13)14/h10-12,15-16H,4-9H2,1-3H3/t10-,11+,12+,14-/m1/s1. The van der Waals surface area contributed by atoms with Crippen LogP contribution in [0.5, 0.6) is 0 Å². The van der Waals surface area contributed by atoms with Gasteiger partial charge >= 0.3 is 0 Å². The van der Waals surface area contributed by atoms with E-state index in [1.807, 2.05) is 0 Å². The Morgan fingerprint density at radius 3 is 2.44 bits per heavy atom. The predicted molar refractivity (Wildman–Crippen MR) is 65.0 cm³/mol. The number of rotatable bonds is 1. The average Bonchev–Trinajstić information content (AvgIpc) is 2.15. The lowest BCUT2D eigenvalue weighted by atomic mass is 9.48. The van der Waals surface area contributed by atoms with E-state index in [-0.39, 0.29) is 24.0 Å². The predicted octanol–water partition coefficient (Wildman–Crippen LogP) is 2.58. The van der Waals surface area contributed by atoms with Crippen LogP contribution < -0.4 is 0 Å². The van der Waals surface area contributed by atoms with Gasteiger partial charge in [0.05, 0.1) is 6.10 Å². The highest BCUT2D eigenvalue weighted by atomic mass is 16.3. The van der Waals surface area contributed by atoms with Crippen molar-refractivity contribution in [1.29, 1.82) is 0 Å². The molecule has 2 heteroatoms. The van der Waals surface area contributed by atoms with Crippen LogP contribution in [0.25, 0.3) is 0 Å². The molecule has 0 aromatic rings. The largest absolute Gasteiger partial charge is 0.396 e. The molecule has 0 amide bonds. The zero-order valence-corrected chi connectivity index (χ0v) is 10.9. The van der Waals surface area contributed by atoms with Gasteiger partial charge < -0.3 is 10.2 Å². The van der Waals surface area contributed by atoms with E-state index in [1.165, 1.54) is 19.3 Å². The SMILES string of the molecule is CC1(C)CCC[C@]2(C)[C@H](CO)[C@@H](O)CC[C@@H]12. The normalized spacial score (nSPS) is 47.4. The minimum atomic E-state index is -0.292. The van der Waals surface area contributed by atoms with E-state index < -0.39 is 0 Å². The first-order valence-corrected chi connectivity index (χ1v) is 6.71. The third-order valence-corrected chi connectivity index (χ3v) is 5.54. The molecule has 0 aliphatic heterocycles. The second-order valence-electron chi connectivity index (χ2n) is 6.83. The van der Waals surface area contributed by atoms with Gasteiger partial charge in [-0.1, -0.05) is 27.2 Å². The molecule has 16 heavy (non-hydrogen) atoms. The van der Waals surface area contributed by atoms with E-state index in [4.69, 9.17) is 0 Å². The summed E-state index contributed by atoms with van der Waals surface area (Å²) >= 11 is 0. The van der Waals surface area contributed by atoms with Crippen LogP contribution in [0.2, 0.25) is 0 Å². The number of aliphatic hydroxyl groups is 2. The lowest BCUT2D eigenvalue weighted by molar-refractivity contribution is -0.136. The molecule has 94 valence electrons. The highest BCUT2D eigenvalue weighted by Gasteiger charge is 2.54. The van der Waals surface area contributed by atoms with Crippen LogP contribution in [0.15, 0.2) is 0 Å². The van der Waals surface area contributed by atoms with Crippen LogP contribution in [0.4, 0.5) is 0 Å². The summed E-state index contributed by atoms with van der Waals surface area (Å²) in [5.74, 6) is 0.750. The zero-order valence-electron chi connectivity index (χ0n) is 10.9. The van der Waals surface area contributed by atoms with Crippen LogP contribution in [0.1, 0.15) is 52.9 Å². The Hall–Kier alpha value is -0.0800. The molecule has 2 nitrogen and oxygen atoms in total. The maximum Gasteiger partial charge on any atom is 0.0595 e. The Morgan fingerprint density at radius 1 is 1.12 bits per heavy atom. The quantitative estimate of drug-likeness (QED) is 0.721. The molecular formula is C14H26O2. The Balaban J connectivity index is 2.31. The van der Waals surface area contributed by atoms with E-state index >= 15 is 0 Å². The van der Waals surface area contributed by atoms with Crippen LogP contribution in [-0.4, -0.2) is 22.9 Å². The van der Waals surface area contributed by atoms with Crippen molar-refractivity contribution >= 4 is 0 Å². The molecule has 2 aliphatic carbocycles. The van der Waals surface area contributed by atoms with Crippen molar-refractivity contribution in [2.24, 2.45) is 22.7 Å². The van der Waals surface area contributed by atoms with E-state index in [0.717, 1.165) is 12.8 Å². The third-order valence-electron chi connectivity index (χ3n) is 5.54. The number of hydrogen-bond donors (Lipinski definition) is 2. The Bertz CT molecular complexity index is 261. The van der Waals surface area contributed by atoms with Gasteiger partial charge in [0.1, 0.15) is 0 Å². The summed E-state index contributed by atoms with van der Waals surface area (Å²) in [5, 5.41) is 19.7. The van der Waals surface area contributed by atoms with Gasteiger partial charge in [0.25, 0.3) is 0 Å². The lowest BCUT2D eigenvalue weighted by Gasteiger charge is -2.58. The molecule has 2 aliphatic rings. The van der Waals surface area contributed by atoms with Crippen molar-refractivity contribution in [2.45, 2.75) is 59.0 Å². The van der Waals surface area contributed by atoms with Crippen LogP contribution in [-0.2, 0) is 0 Å². The molecule has 4 atom stereocenters. The highest BCUT2D eigenvalue weighted by molar-refractivity contribution is 5.03. The summed E-state index contributed by atoms with van der Waals surface area (Å²) in [6.45, 7) is 7.16.